The highest BCUT2D eigenvalue weighted by Crippen LogP contribution is 2.15. The van der Waals surface area contributed by atoms with Crippen molar-refractivity contribution in [3.63, 3.8) is 0 Å². The van der Waals surface area contributed by atoms with Gasteiger partial charge in [-0.05, 0) is 36.8 Å². The lowest BCUT2D eigenvalue weighted by Crippen LogP contribution is -2.31. The van der Waals surface area contributed by atoms with Crippen LogP contribution in [0.15, 0.2) is 54.6 Å². The van der Waals surface area contributed by atoms with Gasteiger partial charge in [-0.2, -0.15) is 5.26 Å². The molecule has 0 radical (unpaired) electrons. The van der Waals surface area contributed by atoms with Crippen molar-refractivity contribution in [1.82, 2.24) is 0 Å². The Bertz CT molecular complexity index is 751. The summed E-state index contributed by atoms with van der Waals surface area (Å²) >= 11 is 0. The Morgan fingerprint density at radius 2 is 1.75 bits per heavy atom. The summed E-state index contributed by atoms with van der Waals surface area (Å²) < 4.78 is 4.99. The van der Waals surface area contributed by atoms with Gasteiger partial charge in [0.2, 0.25) is 0 Å². The molecule has 2 aromatic rings. The first-order valence-electron chi connectivity index (χ1n) is 7.26. The van der Waals surface area contributed by atoms with Crippen LogP contribution < -0.4 is 5.32 Å². The molecule has 2 N–H and O–H groups in total. The van der Waals surface area contributed by atoms with Crippen LogP contribution in [0.3, 0.4) is 0 Å². The lowest BCUT2D eigenvalue weighted by molar-refractivity contribution is -0.162. The van der Waals surface area contributed by atoms with E-state index < -0.39 is 24.1 Å². The Hall–Kier alpha value is -3.17. The number of anilines is 1. The van der Waals surface area contributed by atoms with Crippen LogP contribution in [0.4, 0.5) is 5.69 Å². The van der Waals surface area contributed by atoms with Crippen LogP contribution in [-0.4, -0.2) is 23.1 Å². The lowest BCUT2D eigenvalue weighted by Gasteiger charge is -2.16. The summed E-state index contributed by atoms with van der Waals surface area (Å²) in [6.45, 7) is 1.41. The van der Waals surface area contributed by atoms with Crippen LogP contribution in [0.25, 0.3) is 0 Å². The van der Waals surface area contributed by atoms with Crippen LogP contribution in [0.1, 0.15) is 24.2 Å². The van der Waals surface area contributed by atoms with E-state index in [9.17, 15) is 14.7 Å². The topological polar surface area (TPSA) is 99.4 Å². The summed E-state index contributed by atoms with van der Waals surface area (Å²) in [5.74, 6) is -1.43. The number of hydrogen-bond acceptors (Lipinski definition) is 5. The third kappa shape index (κ3) is 4.41. The first kappa shape index (κ1) is 17.2. The SMILES string of the molecule is C[C@@H](OC(=O)[C@@H](O)c1ccccc1)C(=O)Nc1ccc(C#N)cc1. The standard InChI is InChI=1S/C18H16N2O4/c1-12(17(22)20-15-9-7-13(11-19)8-10-15)24-18(23)16(21)14-5-3-2-4-6-14/h2-10,12,16,21H,1H3,(H,20,22)/t12-,16+/m1/s1. The van der Waals surface area contributed by atoms with E-state index in [0.29, 0.717) is 16.8 Å². The van der Waals surface area contributed by atoms with E-state index in [1.54, 1.807) is 54.6 Å². The Labute approximate surface area is 139 Å². The molecular weight excluding hydrogens is 308 g/mol. The summed E-state index contributed by atoms with van der Waals surface area (Å²) in [6.07, 6.45) is -2.53. The average Bonchev–Trinajstić information content (AvgIpc) is 2.62. The summed E-state index contributed by atoms with van der Waals surface area (Å²) in [5.41, 5.74) is 1.34. The molecule has 0 aliphatic heterocycles. The van der Waals surface area contributed by atoms with Gasteiger partial charge in [0.15, 0.2) is 12.2 Å². The molecular formula is C18H16N2O4. The molecule has 122 valence electrons. The van der Waals surface area contributed by atoms with Gasteiger partial charge in [0.25, 0.3) is 5.91 Å². The van der Waals surface area contributed by atoms with Gasteiger partial charge in [-0.1, -0.05) is 30.3 Å². The average molecular weight is 324 g/mol. The normalized spacial score (nSPS) is 12.5. The van der Waals surface area contributed by atoms with E-state index >= 15 is 0 Å². The second kappa shape index (κ2) is 7.90. The fourth-order valence-electron chi connectivity index (χ4n) is 1.94. The summed E-state index contributed by atoms with van der Waals surface area (Å²) in [7, 11) is 0. The predicted molar refractivity (Wildman–Crippen MR) is 86.7 cm³/mol. The molecule has 1 amide bonds. The summed E-state index contributed by atoms with van der Waals surface area (Å²) in [4.78, 5) is 23.9. The molecule has 0 spiro atoms. The number of benzene rings is 2. The van der Waals surface area contributed by atoms with Crippen LogP contribution in [0.2, 0.25) is 0 Å². The minimum atomic E-state index is -1.45. The van der Waals surface area contributed by atoms with E-state index in [2.05, 4.69) is 5.32 Å². The molecule has 6 heteroatoms. The molecule has 0 aromatic heterocycles. The fraction of sp³-hybridized carbons (Fsp3) is 0.167. The number of carbonyl (C=O) groups excluding carboxylic acids is 2. The van der Waals surface area contributed by atoms with Gasteiger partial charge in [-0.25, -0.2) is 4.79 Å². The van der Waals surface area contributed by atoms with Crippen molar-refractivity contribution in [2.24, 2.45) is 0 Å². The van der Waals surface area contributed by atoms with Gasteiger partial charge < -0.3 is 15.2 Å². The van der Waals surface area contributed by atoms with Gasteiger partial charge in [0.1, 0.15) is 0 Å². The molecule has 6 nitrogen and oxygen atoms in total. The maximum absolute atomic E-state index is 12.0. The molecule has 24 heavy (non-hydrogen) atoms. The maximum Gasteiger partial charge on any atom is 0.340 e. The first-order valence-corrected chi connectivity index (χ1v) is 7.26. The molecule has 0 unspecified atom stereocenters. The number of esters is 1. The van der Waals surface area contributed by atoms with Crippen LogP contribution in [0.5, 0.6) is 0 Å². The Kier molecular flexibility index (Phi) is 5.66. The predicted octanol–water partition coefficient (Wildman–Crippen LogP) is 2.16. The molecule has 0 saturated heterocycles. The Balaban J connectivity index is 1.93. The van der Waals surface area contributed by atoms with Crippen molar-refractivity contribution in [2.75, 3.05) is 5.32 Å². The van der Waals surface area contributed by atoms with Crippen LogP contribution in [0, 0.1) is 11.3 Å². The van der Waals surface area contributed by atoms with E-state index in [0.717, 1.165) is 0 Å². The van der Waals surface area contributed by atoms with Gasteiger partial charge in [-0.15, -0.1) is 0 Å². The van der Waals surface area contributed by atoms with Crippen molar-refractivity contribution in [2.45, 2.75) is 19.1 Å². The molecule has 2 atom stereocenters. The molecule has 2 rings (SSSR count). The number of aliphatic hydroxyl groups excluding tert-OH is 1. The second-order valence-electron chi connectivity index (χ2n) is 5.07. The molecule has 0 saturated carbocycles. The van der Waals surface area contributed by atoms with Gasteiger partial charge in [-0.3, -0.25) is 4.79 Å². The Morgan fingerprint density at radius 1 is 1.12 bits per heavy atom. The number of nitrogens with zero attached hydrogens (tertiary/aromatic N) is 1. The zero-order valence-corrected chi connectivity index (χ0v) is 13.0. The number of amides is 1. The highest BCUT2D eigenvalue weighted by atomic mass is 16.6. The van der Waals surface area contributed by atoms with Crippen molar-refractivity contribution < 1.29 is 19.4 Å². The zero-order chi connectivity index (χ0) is 17.5. The number of hydrogen-bond donors (Lipinski definition) is 2. The van der Waals surface area contributed by atoms with Crippen molar-refractivity contribution >= 4 is 17.6 Å². The minimum absolute atomic E-state index is 0.391. The van der Waals surface area contributed by atoms with E-state index in [1.165, 1.54) is 6.92 Å². The van der Waals surface area contributed by atoms with Crippen LogP contribution >= 0.6 is 0 Å². The number of nitriles is 1. The summed E-state index contributed by atoms with van der Waals surface area (Å²) in [5, 5.41) is 21.2. The number of aliphatic hydroxyl groups is 1. The minimum Gasteiger partial charge on any atom is -0.450 e. The zero-order valence-electron chi connectivity index (χ0n) is 13.0. The molecule has 0 heterocycles. The van der Waals surface area contributed by atoms with Crippen molar-refractivity contribution in [3.05, 3.63) is 65.7 Å². The number of nitrogens with one attached hydrogen (secondary N) is 1. The van der Waals surface area contributed by atoms with Crippen molar-refractivity contribution in [1.29, 1.82) is 5.26 Å². The monoisotopic (exact) mass is 324 g/mol. The van der Waals surface area contributed by atoms with Gasteiger partial charge in [0, 0.05) is 5.69 Å². The fourth-order valence-corrected chi connectivity index (χ4v) is 1.94. The third-order valence-corrected chi connectivity index (χ3v) is 3.28. The Morgan fingerprint density at radius 3 is 2.33 bits per heavy atom. The van der Waals surface area contributed by atoms with Gasteiger partial charge >= 0.3 is 5.97 Å². The molecule has 0 aliphatic rings. The molecule has 0 aliphatic carbocycles. The quantitative estimate of drug-likeness (QED) is 0.821. The smallest absolute Gasteiger partial charge is 0.340 e. The molecule has 0 fully saturated rings. The highest BCUT2D eigenvalue weighted by Gasteiger charge is 2.24. The largest absolute Gasteiger partial charge is 0.450 e. The molecule has 2 aromatic carbocycles. The lowest BCUT2D eigenvalue weighted by atomic mass is 10.1. The number of carbonyl (C=O) groups is 2. The second-order valence-corrected chi connectivity index (χ2v) is 5.07. The first-order chi connectivity index (χ1) is 11.5. The maximum atomic E-state index is 12.0. The number of rotatable bonds is 5. The van der Waals surface area contributed by atoms with Crippen LogP contribution in [-0.2, 0) is 14.3 Å². The third-order valence-electron chi connectivity index (χ3n) is 3.28. The highest BCUT2D eigenvalue weighted by molar-refractivity contribution is 5.95. The van der Waals surface area contributed by atoms with E-state index in [-0.39, 0.29) is 0 Å². The summed E-state index contributed by atoms with van der Waals surface area (Å²) in [6, 6.07) is 16.6. The molecule has 0 bridgehead atoms. The van der Waals surface area contributed by atoms with E-state index in [4.69, 9.17) is 10.00 Å². The number of ether oxygens (including phenoxy) is 1. The van der Waals surface area contributed by atoms with Crippen molar-refractivity contribution in [3.8, 4) is 6.07 Å². The van der Waals surface area contributed by atoms with E-state index in [1.807, 2.05) is 6.07 Å². The van der Waals surface area contributed by atoms with Gasteiger partial charge in [0.05, 0.1) is 11.6 Å².